The van der Waals surface area contributed by atoms with Crippen LogP contribution in [-0.4, -0.2) is 41.7 Å². The molecule has 0 saturated carbocycles. The van der Waals surface area contributed by atoms with Gasteiger partial charge in [0.15, 0.2) is 11.6 Å². The second-order valence-electron chi connectivity index (χ2n) is 5.00. The quantitative estimate of drug-likeness (QED) is 0.789. The Morgan fingerprint density at radius 2 is 2.17 bits per heavy atom. The van der Waals surface area contributed by atoms with E-state index in [9.17, 15) is 0 Å². The monoisotopic (exact) mass is 250 g/mol. The summed E-state index contributed by atoms with van der Waals surface area (Å²) in [6.45, 7) is 3.24. The summed E-state index contributed by atoms with van der Waals surface area (Å²) in [7, 11) is 3.81. The van der Waals surface area contributed by atoms with Gasteiger partial charge in [-0.05, 0) is 26.2 Å². The van der Waals surface area contributed by atoms with Crippen LogP contribution in [0.1, 0.15) is 26.2 Å². The fourth-order valence-corrected chi connectivity index (χ4v) is 2.33. The Morgan fingerprint density at radius 3 is 2.83 bits per heavy atom. The maximum absolute atomic E-state index is 6.17. The van der Waals surface area contributed by atoms with Gasteiger partial charge in [-0.1, -0.05) is 0 Å². The highest BCUT2D eigenvalue weighted by molar-refractivity contribution is 5.74. The van der Waals surface area contributed by atoms with Crippen LogP contribution in [0.25, 0.3) is 0 Å². The average molecular weight is 250 g/mol. The van der Waals surface area contributed by atoms with Crippen LogP contribution < -0.4 is 16.1 Å². The molecule has 0 aliphatic carbocycles. The van der Waals surface area contributed by atoms with Crippen molar-refractivity contribution < 1.29 is 0 Å². The molecule has 1 saturated heterocycles. The summed E-state index contributed by atoms with van der Waals surface area (Å²) in [5, 5.41) is 1.82. The number of nitrogen functional groups attached to an aromatic ring is 1. The van der Waals surface area contributed by atoms with Crippen LogP contribution in [0.15, 0.2) is 6.33 Å². The number of hydrogen-bond donors (Lipinski definition) is 2. The van der Waals surface area contributed by atoms with Gasteiger partial charge in [0, 0.05) is 26.7 Å². The Kier molecular flexibility index (Phi) is 3.86. The number of hydrazine groups is 1. The molecule has 6 heteroatoms. The van der Waals surface area contributed by atoms with E-state index in [1.165, 1.54) is 19.3 Å². The Labute approximate surface area is 108 Å². The lowest BCUT2D eigenvalue weighted by Gasteiger charge is -2.35. The Hall–Kier alpha value is -1.56. The van der Waals surface area contributed by atoms with Crippen LogP contribution in [0.5, 0.6) is 0 Å². The summed E-state index contributed by atoms with van der Waals surface area (Å²) < 4.78 is 0. The van der Waals surface area contributed by atoms with Crippen molar-refractivity contribution in [2.45, 2.75) is 32.2 Å². The topological polar surface area (TPSA) is 70.3 Å². The maximum Gasteiger partial charge on any atom is 0.169 e. The third-order valence-electron chi connectivity index (χ3n) is 3.27. The van der Waals surface area contributed by atoms with Crippen LogP contribution in [0, 0.1) is 0 Å². The minimum absolute atomic E-state index is 0.489. The van der Waals surface area contributed by atoms with Crippen molar-refractivity contribution in [2.24, 2.45) is 0 Å². The number of hydrogen-bond acceptors (Lipinski definition) is 6. The minimum Gasteiger partial charge on any atom is -0.393 e. The SMILES string of the molecule is CC1CCCCN1c1ncnc(NN(C)C)c1N. The summed E-state index contributed by atoms with van der Waals surface area (Å²) in [6.07, 6.45) is 5.24. The number of piperidine rings is 1. The molecule has 1 aromatic rings. The number of anilines is 3. The van der Waals surface area contributed by atoms with E-state index in [2.05, 4.69) is 27.2 Å². The molecule has 6 nitrogen and oxygen atoms in total. The smallest absolute Gasteiger partial charge is 0.169 e. The summed E-state index contributed by atoms with van der Waals surface area (Å²) >= 11 is 0. The zero-order chi connectivity index (χ0) is 13.1. The summed E-state index contributed by atoms with van der Waals surface area (Å²) in [4.78, 5) is 10.8. The van der Waals surface area contributed by atoms with Crippen LogP contribution in [0.3, 0.4) is 0 Å². The van der Waals surface area contributed by atoms with Crippen molar-refractivity contribution in [3.63, 3.8) is 0 Å². The van der Waals surface area contributed by atoms with E-state index in [1.807, 2.05) is 19.1 Å². The van der Waals surface area contributed by atoms with Gasteiger partial charge in [-0.3, -0.25) is 0 Å². The molecule has 0 amide bonds. The summed E-state index contributed by atoms with van der Waals surface area (Å²) in [6, 6.07) is 0.489. The number of aromatic nitrogens is 2. The van der Waals surface area contributed by atoms with E-state index in [-0.39, 0.29) is 0 Å². The third kappa shape index (κ3) is 2.64. The molecule has 0 spiro atoms. The molecule has 1 atom stereocenters. The number of nitrogens with two attached hydrogens (primary N) is 1. The lowest BCUT2D eigenvalue weighted by atomic mass is 10.0. The van der Waals surface area contributed by atoms with Crippen LogP contribution in [0.2, 0.25) is 0 Å². The van der Waals surface area contributed by atoms with Gasteiger partial charge in [0.05, 0.1) is 0 Å². The molecule has 1 aliphatic rings. The van der Waals surface area contributed by atoms with Gasteiger partial charge in [-0.2, -0.15) is 0 Å². The van der Waals surface area contributed by atoms with Crippen molar-refractivity contribution in [2.75, 3.05) is 36.7 Å². The van der Waals surface area contributed by atoms with E-state index in [0.717, 1.165) is 12.4 Å². The van der Waals surface area contributed by atoms with Crippen molar-refractivity contribution >= 4 is 17.3 Å². The molecule has 18 heavy (non-hydrogen) atoms. The van der Waals surface area contributed by atoms with Gasteiger partial charge >= 0.3 is 0 Å². The minimum atomic E-state index is 0.489. The number of nitrogens with zero attached hydrogens (tertiary/aromatic N) is 4. The second-order valence-corrected chi connectivity index (χ2v) is 5.00. The Bertz CT molecular complexity index is 406. The molecule has 2 heterocycles. The maximum atomic E-state index is 6.17. The van der Waals surface area contributed by atoms with Crippen LogP contribution in [-0.2, 0) is 0 Å². The fourth-order valence-electron chi connectivity index (χ4n) is 2.33. The molecule has 100 valence electrons. The number of rotatable bonds is 3. The zero-order valence-corrected chi connectivity index (χ0v) is 11.3. The average Bonchev–Trinajstić information content (AvgIpc) is 2.32. The van der Waals surface area contributed by atoms with Gasteiger partial charge < -0.3 is 16.1 Å². The van der Waals surface area contributed by atoms with Gasteiger partial charge in [0.2, 0.25) is 0 Å². The first kappa shape index (κ1) is 12.9. The first-order valence-corrected chi connectivity index (χ1v) is 6.40. The molecular formula is C12H22N6. The largest absolute Gasteiger partial charge is 0.393 e. The lowest BCUT2D eigenvalue weighted by Crippen LogP contribution is -2.38. The highest BCUT2D eigenvalue weighted by atomic mass is 15.5. The molecule has 1 unspecified atom stereocenters. The molecule has 1 fully saturated rings. The van der Waals surface area contributed by atoms with Crippen molar-refractivity contribution in [3.05, 3.63) is 6.33 Å². The molecule has 0 aromatic carbocycles. The van der Waals surface area contributed by atoms with E-state index >= 15 is 0 Å². The van der Waals surface area contributed by atoms with E-state index in [1.54, 1.807) is 6.33 Å². The third-order valence-corrected chi connectivity index (χ3v) is 3.27. The predicted molar refractivity (Wildman–Crippen MR) is 74.4 cm³/mol. The molecule has 2 rings (SSSR count). The van der Waals surface area contributed by atoms with E-state index < -0.39 is 0 Å². The molecular weight excluding hydrogens is 228 g/mol. The summed E-state index contributed by atoms with van der Waals surface area (Å²) in [5.41, 5.74) is 9.89. The van der Waals surface area contributed by atoms with Crippen LogP contribution >= 0.6 is 0 Å². The zero-order valence-electron chi connectivity index (χ0n) is 11.3. The Morgan fingerprint density at radius 1 is 1.39 bits per heavy atom. The van der Waals surface area contributed by atoms with Crippen LogP contribution in [0.4, 0.5) is 17.3 Å². The molecule has 3 N–H and O–H groups in total. The fraction of sp³-hybridized carbons (Fsp3) is 0.667. The van der Waals surface area contributed by atoms with Gasteiger partial charge in [-0.25, -0.2) is 15.0 Å². The second kappa shape index (κ2) is 5.39. The first-order chi connectivity index (χ1) is 8.59. The normalized spacial score (nSPS) is 20.2. The number of nitrogens with one attached hydrogen (secondary N) is 1. The predicted octanol–water partition coefficient (Wildman–Crippen LogP) is 1.33. The molecule has 0 radical (unpaired) electrons. The standard InChI is InChI=1S/C12H22N6/c1-9-6-4-5-7-18(9)12-10(13)11(14-8-15-12)16-17(2)3/h8-9H,4-7,13H2,1-3H3,(H,14,15,16). The Balaban J connectivity index is 2.27. The van der Waals surface area contributed by atoms with E-state index in [0.29, 0.717) is 17.5 Å². The van der Waals surface area contributed by atoms with Crippen molar-refractivity contribution in [1.82, 2.24) is 15.0 Å². The molecule has 1 aliphatic heterocycles. The van der Waals surface area contributed by atoms with Gasteiger partial charge in [0.1, 0.15) is 12.0 Å². The molecule has 1 aromatic heterocycles. The lowest BCUT2D eigenvalue weighted by molar-refractivity contribution is 0.480. The van der Waals surface area contributed by atoms with Gasteiger partial charge in [-0.15, -0.1) is 0 Å². The summed E-state index contributed by atoms with van der Waals surface area (Å²) in [5.74, 6) is 1.52. The highest BCUT2D eigenvalue weighted by Gasteiger charge is 2.22. The van der Waals surface area contributed by atoms with E-state index in [4.69, 9.17) is 5.73 Å². The van der Waals surface area contributed by atoms with Gasteiger partial charge in [0.25, 0.3) is 0 Å². The van der Waals surface area contributed by atoms with Crippen molar-refractivity contribution in [3.8, 4) is 0 Å². The van der Waals surface area contributed by atoms with Crippen molar-refractivity contribution in [1.29, 1.82) is 0 Å². The molecule has 0 bridgehead atoms. The highest BCUT2D eigenvalue weighted by Crippen LogP contribution is 2.30. The first-order valence-electron chi connectivity index (χ1n) is 6.40.